The van der Waals surface area contributed by atoms with Crippen molar-refractivity contribution in [1.29, 1.82) is 0 Å². The van der Waals surface area contributed by atoms with Crippen molar-refractivity contribution in [3.63, 3.8) is 0 Å². The van der Waals surface area contributed by atoms with Crippen molar-refractivity contribution in [2.45, 2.75) is 13.3 Å². The number of hydrogen-bond donors (Lipinski definition) is 1. The van der Waals surface area contributed by atoms with E-state index in [1.54, 1.807) is 6.92 Å². The first kappa shape index (κ1) is 12.2. The van der Waals surface area contributed by atoms with Gasteiger partial charge in [-0.25, -0.2) is 9.40 Å². The number of amides is 1. The van der Waals surface area contributed by atoms with Crippen molar-refractivity contribution in [1.82, 2.24) is 0 Å². The Kier molecular flexibility index (Phi) is 3.10. The highest BCUT2D eigenvalue weighted by molar-refractivity contribution is 6.15. The summed E-state index contributed by atoms with van der Waals surface area (Å²) in [4.78, 5) is 22.6. The zero-order valence-corrected chi connectivity index (χ0v) is 9.63. The van der Waals surface area contributed by atoms with Crippen LogP contribution in [0.1, 0.15) is 13.3 Å². The second kappa shape index (κ2) is 4.56. The predicted octanol–water partition coefficient (Wildman–Crippen LogP) is 1.64. The largest absolute Gasteiger partial charge is 0.481 e. The van der Waals surface area contributed by atoms with Crippen LogP contribution in [0.5, 0.6) is 0 Å². The minimum atomic E-state index is -1.05. The zero-order valence-electron chi connectivity index (χ0n) is 9.63. The maximum Gasteiger partial charge on any atom is 0.304 e. The Labute approximate surface area is 103 Å². The van der Waals surface area contributed by atoms with Gasteiger partial charge in [-0.15, -0.1) is 0 Å². The Morgan fingerprint density at radius 2 is 2.06 bits per heavy atom. The van der Waals surface area contributed by atoms with Crippen LogP contribution in [0.25, 0.3) is 0 Å². The number of aliphatic carboxylic acids is 1. The van der Waals surface area contributed by atoms with Gasteiger partial charge in [0.1, 0.15) is 5.82 Å². The van der Waals surface area contributed by atoms with Crippen molar-refractivity contribution in [2.75, 3.05) is 5.01 Å². The van der Waals surface area contributed by atoms with E-state index in [1.807, 2.05) is 0 Å². The van der Waals surface area contributed by atoms with Gasteiger partial charge in [0, 0.05) is 5.71 Å². The van der Waals surface area contributed by atoms with Crippen LogP contribution in [0, 0.1) is 11.7 Å². The third-order valence-electron chi connectivity index (χ3n) is 2.72. The number of nitrogens with zero attached hydrogens (tertiary/aromatic N) is 2. The first-order chi connectivity index (χ1) is 8.49. The summed E-state index contributed by atoms with van der Waals surface area (Å²) in [6.07, 6.45) is -0.286. The molecular formula is C12H11FN2O3. The van der Waals surface area contributed by atoms with E-state index in [4.69, 9.17) is 5.11 Å². The number of hydrazone groups is 1. The zero-order chi connectivity index (χ0) is 13.3. The number of rotatable bonds is 3. The minimum absolute atomic E-state index is 0.286. The van der Waals surface area contributed by atoms with E-state index in [9.17, 15) is 14.0 Å². The fourth-order valence-electron chi connectivity index (χ4n) is 1.78. The lowest BCUT2D eigenvalue weighted by molar-refractivity contribution is -0.139. The van der Waals surface area contributed by atoms with Crippen LogP contribution in [0.3, 0.4) is 0 Å². The van der Waals surface area contributed by atoms with Crippen LogP contribution < -0.4 is 5.01 Å². The molecule has 0 aromatic heterocycles. The lowest BCUT2D eigenvalue weighted by Gasteiger charge is -2.13. The van der Waals surface area contributed by atoms with Crippen LogP contribution in [-0.2, 0) is 9.59 Å². The highest BCUT2D eigenvalue weighted by Crippen LogP contribution is 2.25. The summed E-state index contributed by atoms with van der Waals surface area (Å²) in [6, 6.07) is 5.29. The highest BCUT2D eigenvalue weighted by atomic mass is 19.1. The lowest BCUT2D eigenvalue weighted by Crippen LogP contribution is -2.28. The molecule has 0 radical (unpaired) electrons. The minimum Gasteiger partial charge on any atom is -0.481 e. The molecule has 0 fully saturated rings. The number of hydrogen-bond acceptors (Lipinski definition) is 3. The first-order valence-corrected chi connectivity index (χ1v) is 5.35. The maximum absolute atomic E-state index is 12.8. The van der Waals surface area contributed by atoms with E-state index in [0.717, 1.165) is 5.01 Å². The molecular weight excluding hydrogens is 239 g/mol. The molecule has 1 amide bonds. The molecule has 1 heterocycles. The highest BCUT2D eigenvalue weighted by Gasteiger charge is 2.35. The summed E-state index contributed by atoms with van der Waals surface area (Å²) < 4.78 is 12.8. The molecule has 2 rings (SSSR count). The molecule has 0 bridgehead atoms. The van der Waals surface area contributed by atoms with Gasteiger partial charge in [-0.05, 0) is 31.2 Å². The lowest BCUT2D eigenvalue weighted by atomic mass is 10.0. The normalized spacial score (nSPS) is 19.0. The summed E-state index contributed by atoms with van der Waals surface area (Å²) in [5.74, 6) is -2.61. The molecule has 1 aliphatic rings. The average molecular weight is 250 g/mol. The summed E-state index contributed by atoms with van der Waals surface area (Å²) in [5, 5.41) is 13.9. The topological polar surface area (TPSA) is 70.0 Å². The fraction of sp³-hybridized carbons (Fsp3) is 0.250. The number of benzene rings is 1. The van der Waals surface area contributed by atoms with E-state index in [1.165, 1.54) is 24.3 Å². The second-order valence-corrected chi connectivity index (χ2v) is 4.02. The number of anilines is 1. The Hall–Kier alpha value is -2.24. The molecule has 0 saturated heterocycles. The number of carbonyl (C=O) groups excluding carboxylic acids is 1. The van der Waals surface area contributed by atoms with Crippen LogP contribution in [0.4, 0.5) is 10.1 Å². The molecule has 1 aromatic carbocycles. The quantitative estimate of drug-likeness (QED) is 0.886. The Balaban J connectivity index is 2.25. The van der Waals surface area contributed by atoms with Gasteiger partial charge in [0.25, 0.3) is 5.91 Å². The van der Waals surface area contributed by atoms with Gasteiger partial charge in [-0.1, -0.05) is 0 Å². The maximum atomic E-state index is 12.8. The third kappa shape index (κ3) is 2.22. The Bertz CT molecular complexity index is 525. The Morgan fingerprint density at radius 1 is 1.44 bits per heavy atom. The third-order valence-corrected chi connectivity index (χ3v) is 2.72. The molecule has 5 nitrogen and oxygen atoms in total. The van der Waals surface area contributed by atoms with Crippen molar-refractivity contribution in [2.24, 2.45) is 11.0 Å². The number of halogens is 1. The van der Waals surface area contributed by atoms with Gasteiger partial charge < -0.3 is 5.11 Å². The number of carbonyl (C=O) groups is 2. The molecule has 1 aliphatic heterocycles. The van der Waals surface area contributed by atoms with Crippen molar-refractivity contribution >= 4 is 23.3 Å². The Morgan fingerprint density at radius 3 is 2.61 bits per heavy atom. The van der Waals surface area contributed by atoms with E-state index in [2.05, 4.69) is 5.10 Å². The van der Waals surface area contributed by atoms with Crippen LogP contribution in [-0.4, -0.2) is 22.7 Å². The molecule has 1 aromatic rings. The standard InChI is InChI=1S/C12H11FN2O3/c1-7-10(6-11(16)17)12(18)15(14-7)9-4-2-8(13)3-5-9/h2-5,10H,6H2,1H3,(H,16,17). The monoisotopic (exact) mass is 250 g/mol. The van der Waals surface area contributed by atoms with E-state index >= 15 is 0 Å². The fourth-order valence-corrected chi connectivity index (χ4v) is 1.78. The molecule has 0 spiro atoms. The molecule has 94 valence electrons. The molecule has 1 unspecified atom stereocenters. The first-order valence-electron chi connectivity index (χ1n) is 5.35. The van der Waals surface area contributed by atoms with E-state index < -0.39 is 23.6 Å². The van der Waals surface area contributed by atoms with Gasteiger partial charge in [-0.2, -0.15) is 5.10 Å². The molecule has 6 heteroatoms. The second-order valence-electron chi connectivity index (χ2n) is 4.02. The smallest absolute Gasteiger partial charge is 0.304 e. The molecule has 0 aliphatic carbocycles. The number of carboxylic acid groups (broad SMARTS) is 1. The van der Waals surface area contributed by atoms with Gasteiger partial charge in [0.15, 0.2) is 0 Å². The molecule has 1 atom stereocenters. The van der Waals surface area contributed by atoms with Crippen molar-refractivity contribution < 1.29 is 19.1 Å². The molecule has 0 saturated carbocycles. The van der Waals surface area contributed by atoms with Gasteiger partial charge in [0.05, 0.1) is 18.0 Å². The average Bonchev–Trinajstić information content (AvgIpc) is 2.58. The van der Waals surface area contributed by atoms with Gasteiger partial charge in [0.2, 0.25) is 0 Å². The molecule has 1 N–H and O–H groups in total. The van der Waals surface area contributed by atoms with Crippen LogP contribution >= 0.6 is 0 Å². The van der Waals surface area contributed by atoms with Crippen LogP contribution in [0.15, 0.2) is 29.4 Å². The van der Waals surface area contributed by atoms with E-state index in [0.29, 0.717) is 11.4 Å². The summed E-state index contributed by atoms with van der Waals surface area (Å²) in [6.45, 7) is 1.61. The molecule has 18 heavy (non-hydrogen) atoms. The van der Waals surface area contributed by atoms with Gasteiger partial charge in [-0.3, -0.25) is 9.59 Å². The van der Waals surface area contributed by atoms with Crippen LogP contribution in [0.2, 0.25) is 0 Å². The summed E-state index contributed by atoms with van der Waals surface area (Å²) in [5.41, 5.74) is 0.875. The SMILES string of the molecule is CC1=NN(c2ccc(F)cc2)C(=O)C1CC(=O)O. The summed E-state index contributed by atoms with van der Waals surface area (Å²) in [7, 11) is 0. The summed E-state index contributed by atoms with van der Waals surface area (Å²) >= 11 is 0. The predicted molar refractivity (Wildman–Crippen MR) is 62.7 cm³/mol. The van der Waals surface area contributed by atoms with Gasteiger partial charge >= 0.3 is 5.97 Å². The number of carboxylic acids is 1. The van der Waals surface area contributed by atoms with E-state index in [-0.39, 0.29) is 6.42 Å². The van der Waals surface area contributed by atoms with Crippen molar-refractivity contribution in [3.05, 3.63) is 30.1 Å². The van der Waals surface area contributed by atoms with Crippen molar-refractivity contribution in [3.8, 4) is 0 Å².